The highest BCUT2D eigenvalue weighted by atomic mass is 16.6. The zero-order chi connectivity index (χ0) is 16.1. The molecule has 22 heavy (non-hydrogen) atoms. The van der Waals surface area contributed by atoms with E-state index in [4.69, 9.17) is 14.2 Å². The van der Waals surface area contributed by atoms with Crippen molar-refractivity contribution in [1.82, 2.24) is 5.32 Å². The van der Waals surface area contributed by atoms with Crippen molar-refractivity contribution < 1.29 is 23.8 Å². The number of nitrogens with one attached hydrogen (secondary N) is 1. The first-order valence-corrected chi connectivity index (χ1v) is 7.32. The Hall–Kier alpha value is -2.24. The standard InChI is InChI=1S/C16H21NO5/c1-10(2)11(3)17-15(18)9-21-16(19)14-8-20-12-6-4-5-7-13(12)22-14/h4-7,10-11,14H,8-9H2,1-3H3,(H,17,18)/t11-,14-/m1/s1. The Kier molecular flexibility index (Phi) is 5.25. The molecule has 1 aliphatic heterocycles. The topological polar surface area (TPSA) is 73.9 Å². The van der Waals surface area contributed by atoms with Crippen molar-refractivity contribution in [3.8, 4) is 11.5 Å². The van der Waals surface area contributed by atoms with Gasteiger partial charge in [-0.3, -0.25) is 4.79 Å². The SMILES string of the molecule is CC(C)[C@@H](C)NC(=O)COC(=O)[C@H]1COc2ccccc2O1. The molecule has 1 aliphatic rings. The molecule has 0 bridgehead atoms. The second kappa shape index (κ2) is 7.15. The fraction of sp³-hybridized carbons (Fsp3) is 0.500. The van der Waals surface area contributed by atoms with Crippen LogP contribution < -0.4 is 14.8 Å². The van der Waals surface area contributed by atoms with Gasteiger partial charge in [0.05, 0.1) is 0 Å². The van der Waals surface area contributed by atoms with Crippen molar-refractivity contribution in [3.05, 3.63) is 24.3 Å². The second-order valence-electron chi connectivity index (χ2n) is 5.57. The molecule has 2 rings (SSSR count). The average Bonchev–Trinajstić information content (AvgIpc) is 2.52. The van der Waals surface area contributed by atoms with Gasteiger partial charge >= 0.3 is 5.97 Å². The van der Waals surface area contributed by atoms with E-state index in [-0.39, 0.29) is 25.2 Å². The molecule has 0 aromatic heterocycles. The van der Waals surface area contributed by atoms with Crippen LogP contribution in [0.3, 0.4) is 0 Å². The van der Waals surface area contributed by atoms with Gasteiger partial charge in [-0.15, -0.1) is 0 Å². The number of benzene rings is 1. The Labute approximate surface area is 129 Å². The maximum absolute atomic E-state index is 11.9. The van der Waals surface area contributed by atoms with Crippen LogP contribution >= 0.6 is 0 Å². The van der Waals surface area contributed by atoms with Crippen LogP contribution in [0.25, 0.3) is 0 Å². The van der Waals surface area contributed by atoms with Crippen molar-refractivity contribution in [2.24, 2.45) is 5.92 Å². The van der Waals surface area contributed by atoms with E-state index in [1.807, 2.05) is 26.8 Å². The fourth-order valence-electron chi connectivity index (χ4n) is 1.83. The van der Waals surface area contributed by atoms with Crippen molar-refractivity contribution in [1.29, 1.82) is 0 Å². The number of rotatable bonds is 5. The molecule has 6 nitrogen and oxygen atoms in total. The van der Waals surface area contributed by atoms with E-state index in [9.17, 15) is 9.59 Å². The minimum absolute atomic E-state index is 0.0207. The minimum Gasteiger partial charge on any atom is -0.485 e. The zero-order valence-electron chi connectivity index (χ0n) is 13.0. The summed E-state index contributed by atoms with van der Waals surface area (Å²) in [6.45, 7) is 5.65. The van der Waals surface area contributed by atoms with Gasteiger partial charge in [-0.1, -0.05) is 26.0 Å². The summed E-state index contributed by atoms with van der Waals surface area (Å²) in [5, 5.41) is 2.77. The first kappa shape index (κ1) is 16.1. The number of hydrogen-bond donors (Lipinski definition) is 1. The van der Waals surface area contributed by atoms with E-state index in [1.54, 1.807) is 18.2 Å². The van der Waals surface area contributed by atoms with E-state index in [2.05, 4.69) is 5.32 Å². The summed E-state index contributed by atoms with van der Waals surface area (Å²) in [4.78, 5) is 23.6. The number of ether oxygens (including phenoxy) is 3. The molecule has 2 atom stereocenters. The van der Waals surface area contributed by atoms with Crippen molar-refractivity contribution in [2.45, 2.75) is 32.9 Å². The predicted molar refractivity (Wildman–Crippen MR) is 79.8 cm³/mol. The zero-order valence-corrected chi connectivity index (χ0v) is 13.0. The van der Waals surface area contributed by atoms with Gasteiger partial charge in [0.1, 0.15) is 6.61 Å². The van der Waals surface area contributed by atoms with E-state index in [0.717, 1.165) is 0 Å². The van der Waals surface area contributed by atoms with Crippen LogP contribution in [-0.4, -0.2) is 37.2 Å². The molecule has 1 amide bonds. The van der Waals surface area contributed by atoms with E-state index < -0.39 is 12.1 Å². The van der Waals surface area contributed by atoms with Crippen molar-refractivity contribution in [3.63, 3.8) is 0 Å². The molecule has 1 aromatic rings. The minimum atomic E-state index is -0.856. The second-order valence-corrected chi connectivity index (χ2v) is 5.57. The molecule has 1 heterocycles. The summed E-state index contributed by atoms with van der Waals surface area (Å²) in [6.07, 6.45) is -0.856. The van der Waals surface area contributed by atoms with Crippen LogP contribution in [0.5, 0.6) is 11.5 Å². The summed E-state index contributed by atoms with van der Waals surface area (Å²) >= 11 is 0. The summed E-state index contributed by atoms with van der Waals surface area (Å²) in [5.41, 5.74) is 0. The lowest BCUT2D eigenvalue weighted by Gasteiger charge is -2.25. The van der Waals surface area contributed by atoms with Gasteiger partial charge < -0.3 is 19.5 Å². The summed E-state index contributed by atoms with van der Waals surface area (Å²) in [7, 11) is 0. The third kappa shape index (κ3) is 4.13. The van der Waals surface area contributed by atoms with Gasteiger partial charge in [0.15, 0.2) is 18.1 Å². The maximum Gasteiger partial charge on any atom is 0.351 e. The van der Waals surface area contributed by atoms with Crippen LogP contribution in [-0.2, 0) is 14.3 Å². The van der Waals surface area contributed by atoms with Crippen molar-refractivity contribution >= 4 is 11.9 Å². The van der Waals surface area contributed by atoms with Gasteiger partial charge in [-0.2, -0.15) is 0 Å². The number of fused-ring (bicyclic) bond motifs is 1. The summed E-state index contributed by atoms with van der Waals surface area (Å²) in [6, 6.07) is 7.11. The Morgan fingerprint density at radius 3 is 2.64 bits per heavy atom. The molecule has 0 saturated heterocycles. The molecule has 0 saturated carbocycles. The number of carbonyl (C=O) groups excluding carboxylic acids is 2. The monoisotopic (exact) mass is 307 g/mol. The van der Waals surface area contributed by atoms with Crippen LogP contribution in [0.2, 0.25) is 0 Å². The molecule has 0 unspecified atom stereocenters. The third-order valence-electron chi connectivity index (χ3n) is 3.51. The van der Waals surface area contributed by atoms with E-state index in [0.29, 0.717) is 17.4 Å². The van der Waals surface area contributed by atoms with Gasteiger partial charge in [-0.05, 0) is 25.0 Å². The Morgan fingerprint density at radius 1 is 1.27 bits per heavy atom. The Bertz CT molecular complexity index is 543. The summed E-state index contributed by atoms with van der Waals surface area (Å²) in [5.74, 6) is 0.461. The van der Waals surface area contributed by atoms with Crippen LogP contribution in [0.4, 0.5) is 0 Å². The number of esters is 1. The van der Waals surface area contributed by atoms with Gasteiger partial charge in [-0.25, -0.2) is 4.79 Å². The van der Waals surface area contributed by atoms with Gasteiger partial charge in [0, 0.05) is 6.04 Å². The van der Waals surface area contributed by atoms with Crippen LogP contribution in [0.15, 0.2) is 24.3 Å². The maximum atomic E-state index is 11.9. The molecular weight excluding hydrogens is 286 g/mol. The first-order valence-electron chi connectivity index (χ1n) is 7.32. The predicted octanol–water partition coefficient (Wildman–Crippen LogP) is 1.53. The Morgan fingerprint density at radius 2 is 1.95 bits per heavy atom. The molecule has 0 fully saturated rings. The molecule has 0 aliphatic carbocycles. The molecule has 0 radical (unpaired) electrons. The molecule has 6 heteroatoms. The lowest BCUT2D eigenvalue weighted by atomic mass is 10.1. The van der Waals surface area contributed by atoms with Gasteiger partial charge in [0.2, 0.25) is 6.10 Å². The van der Waals surface area contributed by atoms with E-state index in [1.165, 1.54) is 0 Å². The molecule has 120 valence electrons. The third-order valence-corrected chi connectivity index (χ3v) is 3.51. The van der Waals surface area contributed by atoms with Crippen LogP contribution in [0.1, 0.15) is 20.8 Å². The quantitative estimate of drug-likeness (QED) is 0.835. The Balaban J connectivity index is 1.80. The number of amides is 1. The summed E-state index contributed by atoms with van der Waals surface area (Å²) < 4.78 is 15.9. The van der Waals surface area contributed by atoms with Crippen molar-refractivity contribution in [2.75, 3.05) is 13.2 Å². The smallest absolute Gasteiger partial charge is 0.351 e. The number of hydrogen-bond acceptors (Lipinski definition) is 5. The lowest BCUT2D eigenvalue weighted by molar-refractivity contribution is -0.157. The molecular formula is C16H21NO5. The van der Waals surface area contributed by atoms with Gasteiger partial charge in [0.25, 0.3) is 5.91 Å². The highest BCUT2D eigenvalue weighted by molar-refractivity contribution is 5.82. The lowest BCUT2D eigenvalue weighted by Crippen LogP contribution is -2.42. The fourth-order valence-corrected chi connectivity index (χ4v) is 1.83. The van der Waals surface area contributed by atoms with Crippen LogP contribution in [0, 0.1) is 5.92 Å². The average molecular weight is 307 g/mol. The highest BCUT2D eigenvalue weighted by Crippen LogP contribution is 2.31. The molecule has 1 aromatic carbocycles. The molecule has 1 N–H and O–H groups in total. The highest BCUT2D eigenvalue weighted by Gasteiger charge is 2.29. The molecule has 0 spiro atoms. The normalized spacial score (nSPS) is 17.7. The van der Waals surface area contributed by atoms with E-state index >= 15 is 0 Å². The first-order chi connectivity index (χ1) is 10.5. The number of carbonyl (C=O) groups is 2. The number of para-hydroxylation sites is 2. The largest absolute Gasteiger partial charge is 0.485 e.